The van der Waals surface area contributed by atoms with E-state index in [9.17, 15) is 9.59 Å². The first-order chi connectivity index (χ1) is 7.15. The monoisotopic (exact) mass is 216 g/mol. The van der Waals surface area contributed by atoms with Gasteiger partial charge in [-0.3, -0.25) is 9.59 Å². The quantitative estimate of drug-likeness (QED) is 0.635. The second kappa shape index (κ2) is 5.67. The molecule has 0 aromatic rings. The third-order valence-electron chi connectivity index (χ3n) is 2.27. The molecule has 1 fully saturated rings. The second-order valence-electron chi connectivity index (χ2n) is 3.33. The minimum absolute atomic E-state index is 0.0767. The van der Waals surface area contributed by atoms with E-state index in [1.807, 2.05) is 0 Å². The maximum Gasteiger partial charge on any atom is 0.252 e. The summed E-state index contributed by atoms with van der Waals surface area (Å²) in [5.41, 5.74) is 5.02. The highest BCUT2D eigenvalue weighted by Gasteiger charge is 2.26. The van der Waals surface area contributed by atoms with Crippen molar-refractivity contribution in [3.05, 3.63) is 0 Å². The van der Waals surface area contributed by atoms with E-state index in [1.165, 1.54) is 7.11 Å². The number of hydrogen-bond acceptors (Lipinski definition) is 4. The first-order valence-corrected chi connectivity index (χ1v) is 4.82. The van der Waals surface area contributed by atoms with Crippen LogP contribution in [0.4, 0.5) is 0 Å². The summed E-state index contributed by atoms with van der Waals surface area (Å²) in [7, 11) is 1.39. The van der Waals surface area contributed by atoms with Crippen LogP contribution in [-0.4, -0.2) is 56.2 Å². The largest absolute Gasteiger partial charge is 0.378 e. The van der Waals surface area contributed by atoms with Crippen molar-refractivity contribution in [2.24, 2.45) is 5.73 Å². The lowest BCUT2D eigenvalue weighted by Gasteiger charge is -2.29. The van der Waals surface area contributed by atoms with Crippen molar-refractivity contribution in [3.63, 3.8) is 0 Å². The normalized spacial score (nSPS) is 18.6. The second-order valence-corrected chi connectivity index (χ2v) is 3.33. The van der Waals surface area contributed by atoms with Crippen LogP contribution in [0.5, 0.6) is 0 Å². The predicted molar refractivity (Wildman–Crippen MR) is 52.0 cm³/mol. The summed E-state index contributed by atoms with van der Waals surface area (Å²) >= 11 is 0. The molecule has 86 valence electrons. The molecule has 0 aromatic carbocycles. The van der Waals surface area contributed by atoms with Gasteiger partial charge in [0.05, 0.1) is 19.6 Å². The molecule has 1 saturated heterocycles. The summed E-state index contributed by atoms with van der Waals surface area (Å²) < 4.78 is 10.1. The van der Waals surface area contributed by atoms with E-state index in [-0.39, 0.29) is 12.3 Å². The molecular weight excluding hydrogens is 200 g/mol. The van der Waals surface area contributed by atoms with Crippen LogP contribution < -0.4 is 5.73 Å². The fraction of sp³-hybridized carbons (Fsp3) is 0.778. The van der Waals surface area contributed by atoms with Gasteiger partial charge in [0, 0.05) is 20.2 Å². The number of carbonyl (C=O) groups is 2. The van der Waals surface area contributed by atoms with Crippen molar-refractivity contribution >= 4 is 11.8 Å². The lowest BCUT2D eigenvalue weighted by Crippen LogP contribution is -2.47. The Labute approximate surface area is 88.3 Å². The summed E-state index contributed by atoms with van der Waals surface area (Å²) in [4.78, 5) is 24.1. The number of ether oxygens (including phenoxy) is 2. The molecule has 0 saturated carbocycles. The number of nitrogens with zero attached hydrogens (tertiary/aromatic N) is 1. The third-order valence-corrected chi connectivity index (χ3v) is 2.27. The Kier molecular flexibility index (Phi) is 4.51. The van der Waals surface area contributed by atoms with Gasteiger partial charge in [-0.1, -0.05) is 0 Å². The first-order valence-electron chi connectivity index (χ1n) is 4.82. The Hall–Kier alpha value is -1.14. The highest BCUT2D eigenvalue weighted by atomic mass is 16.5. The van der Waals surface area contributed by atoms with Crippen LogP contribution >= 0.6 is 0 Å². The summed E-state index contributed by atoms with van der Waals surface area (Å²) in [6.45, 7) is 2.13. The average Bonchev–Trinajstić information content (AvgIpc) is 2.26. The molecule has 2 amide bonds. The molecule has 2 N–H and O–H groups in total. The van der Waals surface area contributed by atoms with Crippen molar-refractivity contribution < 1.29 is 19.1 Å². The number of hydrogen-bond donors (Lipinski definition) is 1. The molecule has 1 atom stereocenters. The van der Waals surface area contributed by atoms with Crippen molar-refractivity contribution in [1.82, 2.24) is 4.90 Å². The SMILES string of the molecule is CO[C@@H](CC(N)=O)C(=O)N1CCOCC1. The molecule has 6 heteroatoms. The van der Waals surface area contributed by atoms with E-state index in [4.69, 9.17) is 15.2 Å². The van der Waals surface area contributed by atoms with E-state index in [2.05, 4.69) is 0 Å². The van der Waals surface area contributed by atoms with Crippen LogP contribution in [0.2, 0.25) is 0 Å². The third kappa shape index (κ3) is 3.49. The van der Waals surface area contributed by atoms with Gasteiger partial charge in [0.25, 0.3) is 5.91 Å². The van der Waals surface area contributed by atoms with Crippen molar-refractivity contribution in [2.75, 3.05) is 33.4 Å². The molecule has 1 aliphatic heterocycles. The van der Waals surface area contributed by atoms with E-state index in [0.29, 0.717) is 26.3 Å². The van der Waals surface area contributed by atoms with Gasteiger partial charge in [-0.25, -0.2) is 0 Å². The van der Waals surface area contributed by atoms with Crippen LogP contribution in [0.1, 0.15) is 6.42 Å². The number of methoxy groups -OCH3 is 1. The first kappa shape index (κ1) is 11.9. The minimum Gasteiger partial charge on any atom is -0.378 e. The zero-order valence-corrected chi connectivity index (χ0v) is 8.77. The number of nitrogens with two attached hydrogens (primary N) is 1. The van der Waals surface area contributed by atoms with E-state index in [1.54, 1.807) is 4.90 Å². The molecule has 1 rings (SSSR count). The van der Waals surface area contributed by atoms with Crippen LogP contribution in [0.3, 0.4) is 0 Å². The summed E-state index contributed by atoms with van der Waals surface area (Å²) in [6, 6.07) is 0. The van der Waals surface area contributed by atoms with Gasteiger partial charge in [0.1, 0.15) is 6.10 Å². The lowest BCUT2D eigenvalue weighted by molar-refractivity contribution is -0.148. The number of rotatable bonds is 4. The topological polar surface area (TPSA) is 81.9 Å². The zero-order valence-electron chi connectivity index (χ0n) is 8.77. The number of amides is 2. The maximum atomic E-state index is 11.8. The van der Waals surface area contributed by atoms with Crippen molar-refractivity contribution in [3.8, 4) is 0 Å². The van der Waals surface area contributed by atoms with Gasteiger partial charge in [0.2, 0.25) is 5.91 Å². The lowest BCUT2D eigenvalue weighted by atomic mass is 10.2. The van der Waals surface area contributed by atoms with E-state index in [0.717, 1.165) is 0 Å². The standard InChI is InChI=1S/C9H16N2O4/c1-14-7(6-8(10)12)9(13)11-2-4-15-5-3-11/h7H,2-6H2,1H3,(H2,10,12)/t7-/m0/s1. The molecule has 6 nitrogen and oxygen atoms in total. The summed E-state index contributed by atoms with van der Waals surface area (Å²) in [6.07, 6.45) is -0.840. The molecule has 0 spiro atoms. The Morgan fingerprint density at radius 3 is 2.53 bits per heavy atom. The molecule has 0 aliphatic carbocycles. The molecule has 0 aromatic heterocycles. The molecule has 0 radical (unpaired) electrons. The van der Waals surface area contributed by atoms with Gasteiger partial charge in [-0.15, -0.1) is 0 Å². The fourth-order valence-electron chi connectivity index (χ4n) is 1.44. The molecular formula is C9H16N2O4. The van der Waals surface area contributed by atoms with Crippen LogP contribution in [0, 0.1) is 0 Å². The number of primary amides is 1. The van der Waals surface area contributed by atoms with Gasteiger partial charge in [-0.2, -0.15) is 0 Å². The van der Waals surface area contributed by atoms with Gasteiger partial charge in [-0.05, 0) is 0 Å². The van der Waals surface area contributed by atoms with Crippen molar-refractivity contribution in [2.45, 2.75) is 12.5 Å². The smallest absolute Gasteiger partial charge is 0.252 e. The minimum atomic E-state index is -0.763. The zero-order chi connectivity index (χ0) is 11.3. The van der Waals surface area contributed by atoms with Crippen molar-refractivity contribution in [1.29, 1.82) is 0 Å². The van der Waals surface area contributed by atoms with Crippen LogP contribution in [0.15, 0.2) is 0 Å². The Morgan fingerprint density at radius 2 is 2.07 bits per heavy atom. The van der Waals surface area contributed by atoms with E-state index < -0.39 is 12.0 Å². The average molecular weight is 216 g/mol. The Morgan fingerprint density at radius 1 is 1.47 bits per heavy atom. The Bertz CT molecular complexity index is 238. The maximum absolute atomic E-state index is 11.8. The van der Waals surface area contributed by atoms with Gasteiger partial charge < -0.3 is 20.1 Å². The van der Waals surface area contributed by atoms with Crippen LogP contribution in [-0.2, 0) is 19.1 Å². The van der Waals surface area contributed by atoms with Gasteiger partial charge >= 0.3 is 0 Å². The number of carbonyl (C=O) groups excluding carboxylic acids is 2. The highest BCUT2D eigenvalue weighted by Crippen LogP contribution is 2.05. The van der Waals surface area contributed by atoms with Crippen LogP contribution in [0.25, 0.3) is 0 Å². The molecule has 0 unspecified atom stereocenters. The summed E-state index contributed by atoms with van der Waals surface area (Å²) in [5.74, 6) is -0.733. The molecule has 0 bridgehead atoms. The van der Waals surface area contributed by atoms with E-state index >= 15 is 0 Å². The Balaban J connectivity index is 2.50. The predicted octanol–water partition coefficient (Wildman–Crippen LogP) is -1.26. The molecule has 1 heterocycles. The molecule has 1 aliphatic rings. The number of morpholine rings is 1. The summed E-state index contributed by atoms with van der Waals surface area (Å²) in [5, 5.41) is 0. The highest BCUT2D eigenvalue weighted by molar-refractivity contribution is 5.87. The fourth-order valence-corrected chi connectivity index (χ4v) is 1.44. The van der Waals surface area contributed by atoms with Gasteiger partial charge in [0.15, 0.2) is 0 Å². The molecule has 15 heavy (non-hydrogen) atoms.